The Morgan fingerprint density at radius 1 is 1.64 bits per heavy atom. The molecule has 0 aromatic carbocycles. The molecule has 0 rings (SSSR count). The van der Waals surface area contributed by atoms with Crippen LogP contribution in [0.15, 0.2) is 0 Å². The van der Waals surface area contributed by atoms with Crippen LogP contribution in [-0.4, -0.2) is 30.0 Å². The number of likely N-dealkylation sites (N-methyl/N-ethyl adjacent to an activating group) is 1. The van der Waals surface area contributed by atoms with Crippen molar-refractivity contribution in [3.05, 3.63) is 0 Å². The molecule has 0 aliphatic carbocycles. The highest BCUT2D eigenvalue weighted by molar-refractivity contribution is 7.99. The molecule has 3 nitrogen and oxygen atoms in total. The molecular formula is C7H16N2OS. The molecule has 0 saturated carbocycles. The number of nitrogens with two attached hydrogens (primary N) is 1. The molecule has 0 aromatic heterocycles. The van der Waals surface area contributed by atoms with Gasteiger partial charge in [-0.05, 0) is 12.3 Å². The molecular weight excluding hydrogens is 160 g/mol. The van der Waals surface area contributed by atoms with E-state index in [1.807, 2.05) is 0 Å². The number of amides is 1. The Bertz CT molecular complexity index is 128. The van der Waals surface area contributed by atoms with Gasteiger partial charge in [0.1, 0.15) is 0 Å². The zero-order valence-corrected chi connectivity index (χ0v) is 8.07. The first-order chi connectivity index (χ1) is 5.07. The first-order valence-electron chi connectivity index (χ1n) is 3.66. The smallest absolute Gasteiger partial charge is 0.235 e. The third-order valence-electron chi connectivity index (χ3n) is 1.29. The minimum absolute atomic E-state index is 0.192. The Morgan fingerprint density at radius 3 is 2.45 bits per heavy atom. The lowest BCUT2D eigenvalue weighted by molar-refractivity contribution is -0.119. The van der Waals surface area contributed by atoms with Gasteiger partial charge in [0.05, 0.1) is 6.04 Å². The minimum Gasteiger partial charge on any atom is -0.368 e. The Labute approximate surface area is 72.1 Å². The number of hydrogen-bond acceptors (Lipinski definition) is 3. The molecule has 0 aromatic rings. The van der Waals surface area contributed by atoms with Crippen molar-refractivity contribution in [2.75, 3.05) is 12.8 Å². The van der Waals surface area contributed by atoms with E-state index in [4.69, 9.17) is 5.73 Å². The van der Waals surface area contributed by atoms with E-state index >= 15 is 0 Å². The van der Waals surface area contributed by atoms with Gasteiger partial charge in [0, 0.05) is 5.75 Å². The van der Waals surface area contributed by atoms with Gasteiger partial charge in [-0.25, -0.2) is 0 Å². The number of carbonyl (C=O) groups excluding carboxylic acids is 1. The summed E-state index contributed by atoms with van der Waals surface area (Å²) in [6, 6.07) is -0.192. The summed E-state index contributed by atoms with van der Waals surface area (Å²) in [7, 11) is 1.75. The van der Waals surface area contributed by atoms with Crippen molar-refractivity contribution in [2.45, 2.75) is 25.1 Å². The van der Waals surface area contributed by atoms with Crippen LogP contribution in [0.25, 0.3) is 0 Å². The molecule has 0 aliphatic heterocycles. The maximum absolute atomic E-state index is 10.7. The van der Waals surface area contributed by atoms with Crippen LogP contribution in [0.5, 0.6) is 0 Å². The van der Waals surface area contributed by atoms with Gasteiger partial charge in [0.15, 0.2) is 0 Å². The second-order valence-electron chi connectivity index (χ2n) is 2.63. The maximum atomic E-state index is 10.7. The average Bonchev–Trinajstić information content (AvgIpc) is 1.87. The van der Waals surface area contributed by atoms with E-state index in [9.17, 15) is 4.79 Å². The fourth-order valence-corrected chi connectivity index (χ4v) is 1.50. The molecule has 0 spiro atoms. The number of carbonyl (C=O) groups is 1. The first kappa shape index (κ1) is 10.8. The highest BCUT2D eigenvalue weighted by Crippen LogP contribution is 2.09. The van der Waals surface area contributed by atoms with Crippen LogP contribution < -0.4 is 11.1 Å². The predicted molar refractivity (Wildman–Crippen MR) is 49.6 cm³/mol. The summed E-state index contributed by atoms with van der Waals surface area (Å²) in [5.74, 6) is 0.476. The van der Waals surface area contributed by atoms with Crippen molar-refractivity contribution in [3.8, 4) is 0 Å². The zero-order chi connectivity index (χ0) is 8.85. The normalized spacial score (nSPS) is 13.5. The fourth-order valence-electron chi connectivity index (χ4n) is 0.596. The summed E-state index contributed by atoms with van der Waals surface area (Å²) >= 11 is 1.73. The quantitative estimate of drug-likeness (QED) is 0.629. The van der Waals surface area contributed by atoms with Gasteiger partial charge in [-0.15, -0.1) is 0 Å². The SMILES string of the molecule is CNC(CSC(C)C)C(N)=O. The summed E-state index contributed by atoms with van der Waals surface area (Å²) in [5.41, 5.74) is 5.12. The van der Waals surface area contributed by atoms with Crippen molar-refractivity contribution in [3.63, 3.8) is 0 Å². The van der Waals surface area contributed by atoms with E-state index in [0.717, 1.165) is 5.75 Å². The van der Waals surface area contributed by atoms with E-state index in [-0.39, 0.29) is 11.9 Å². The Morgan fingerprint density at radius 2 is 2.18 bits per heavy atom. The van der Waals surface area contributed by atoms with Crippen LogP contribution in [0, 0.1) is 0 Å². The lowest BCUT2D eigenvalue weighted by Gasteiger charge is -2.12. The van der Waals surface area contributed by atoms with Gasteiger partial charge >= 0.3 is 0 Å². The topological polar surface area (TPSA) is 55.1 Å². The van der Waals surface area contributed by atoms with Gasteiger partial charge in [-0.1, -0.05) is 13.8 Å². The van der Waals surface area contributed by atoms with E-state index < -0.39 is 0 Å². The highest BCUT2D eigenvalue weighted by atomic mass is 32.2. The molecule has 4 heteroatoms. The summed E-state index contributed by atoms with van der Waals surface area (Å²) in [4.78, 5) is 10.7. The monoisotopic (exact) mass is 176 g/mol. The highest BCUT2D eigenvalue weighted by Gasteiger charge is 2.12. The molecule has 0 aliphatic rings. The molecule has 1 amide bonds. The number of hydrogen-bond donors (Lipinski definition) is 2. The molecule has 11 heavy (non-hydrogen) atoms. The van der Waals surface area contributed by atoms with Crippen LogP contribution in [0.2, 0.25) is 0 Å². The van der Waals surface area contributed by atoms with Crippen LogP contribution >= 0.6 is 11.8 Å². The second kappa shape index (κ2) is 5.43. The maximum Gasteiger partial charge on any atom is 0.235 e. The lowest BCUT2D eigenvalue weighted by Crippen LogP contribution is -2.41. The molecule has 66 valence electrons. The summed E-state index contributed by atoms with van der Waals surface area (Å²) < 4.78 is 0. The third kappa shape index (κ3) is 5.09. The first-order valence-corrected chi connectivity index (χ1v) is 4.71. The van der Waals surface area contributed by atoms with Crippen LogP contribution in [-0.2, 0) is 4.79 Å². The van der Waals surface area contributed by atoms with Crippen molar-refractivity contribution in [2.24, 2.45) is 5.73 Å². The molecule has 1 atom stereocenters. The van der Waals surface area contributed by atoms with Crippen molar-refractivity contribution in [1.82, 2.24) is 5.32 Å². The Balaban J connectivity index is 3.61. The van der Waals surface area contributed by atoms with E-state index in [1.165, 1.54) is 0 Å². The molecule has 0 heterocycles. The molecule has 0 radical (unpaired) electrons. The van der Waals surface area contributed by atoms with E-state index in [1.54, 1.807) is 18.8 Å². The number of rotatable bonds is 5. The average molecular weight is 176 g/mol. The summed E-state index contributed by atoms with van der Waals surface area (Å²) in [6.07, 6.45) is 0. The van der Waals surface area contributed by atoms with Gasteiger partial charge in [-0.2, -0.15) is 11.8 Å². The minimum atomic E-state index is -0.277. The van der Waals surface area contributed by atoms with Crippen molar-refractivity contribution < 1.29 is 4.79 Å². The lowest BCUT2D eigenvalue weighted by atomic mass is 10.3. The zero-order valence-electron chi connectivity index (χ0n) is 7.26. The summed E-state index contributed by atoms with van der Waals surface area (Å²) in [5, 5.41) is 3.41. The summed E-state index contributed by atoms with van der Waals surface area (Å²) in [6.45, 7) is 4.19. The molecule has 0 saturated heterocycles. The largest absolute Gasteiger partial charge is 0.368 e. The van der Waals surface area contributed by atoms with E-state index in [0.29, 0.717) is 5.25 Å². The standard InChI is InChI=1S/C7H16N2OS/c1-5(2)11-4-6(9-3)7(8)10/h5-6,9H,4H2,1-3H3,(H2,8,10). The molecule has 0 bridgehead atoms. The third-order valence-corrected chi connectivity index (χ3v) is 2.48. The Kier molecular flexibility index (Phi) is 5.32. The number of nitrogens with one attached hydrogen (secondary N) is 1. The van der Waals surface area contributed by atoms with Gasteiger partial charge < -0.3 is 11.1 Å². The van der Waals surface area contributed by atoms with Crippen LogP contribution in [0.3, 0.4) is 0 Å². The van der Waals surface area contributed by atoms with Gasteiger partial charge in [-0.3, -0.25) is 4.79 Å². The molecule has 1 unspecified atom stereocenters. The van der Waals surface area contributed by atoms with Gasteiger partial charge in [0.2, 0.25) is 5.91 Å². The number of thioether (sulfide) groups is 1. The van der Waals surface area contributed by atoms with E-state index in [2.05, 4.69) is 19.2 Å². The molecule has 3 N–H and O–H groups in total. The number of primary amides is 1. The second-order valence-corrected chi connectivity index (χ2v) is 4.24. The van der Waals surface area contributed by atoms with Crippen molar-refractivity contribution in [1.29, 1.82) is 0 Å². The fraction of sp³-hybridized carbons (Fsp3) is 0.857. The Hall–Kier alpha value is -0.220. The van der Waals surface area contributed by atoms with Crippen LogP contribution in [0.4, 0.5) is 0 Å². The molecule has 0 fully saturated rings. The van der Waals surface area contributed by atoms with Crippen molar-refractivity contribution >= 4 is 17.7 Å². The van der Waals surface area contributed by atoms with Gasteiger partial charge in [0.25, 0.3) is 0 Å². The predicted octanol–water partition coefficient (Wildman–Crippen LogP) is 0.201. The van der Waals surface area contributed by atoms with Crippen LogP contribution in [0.1, 0.15) is 13.8 Å².